The molecule has 5 heteroatoms. The van der Waals surface area contributed by atoms with E-state index in [4.69, 9.17) is 11.6 Å². The highest BCUT2D eigenvalue weighted by Crippen LogP contribution is 2.25. The second kappa shape index (κ2) is 5.39. The van der Waals surface area contributed by atoms with Crippen molar-refractivity contribution in [2.75, 3.05) is 0 Å². The monoisotopic (exact) mass is 294 g/mol. The van der Waals surface area contributed by atoms with E-state index >= 15 is 0 Å². The molecule has 102 valence electrons. The van der Waals surface area contributed by atoms with E-state index in [1.807, 2.05) is 31.2 Å². The number of rotatable bonds is 2. The lowest BCUT2D eigenvalue weighted by Gasteiger charge is -2.09. The molecule has 0 amide bonds. The lowest BCUT2D eigenvalue weighted by Crippen LogP contribution is -2.02. The van der Waals surface area contributed by atoms with E-state index < -0.39 is 0 Å². The Balaban J connectivity index is 2.21. The van der Waals surface area contributed by atoms with Gasteiger partial charge in [0, 0.05) is 10.6 Å². The summed E-state index contributed by atoms with van der Waals surface area (Å²) in [5.74, 6) is 0. The maximum atomic E-state index is 9.26. The first-order chi connectivity index (χ1) is 10.2. The molecule has 0 aliphatic rings. The molecule has 1 aromatic heterocycles. The van der Waals surface area contributed by atoms with E-state index in [2.05, 4.69) is 16.4 Å². The molecule has 2 aromatic carbocycles. The van der Waals surface area contributed by atoms with Crippen LogP contribution in [0.25, 0.3) is 16.9 Å². The van der Waals surface area contributed by atoms with Crippen LogP contribution in [0.4, 0.5) is 0 Å². The third kappa shape index (κ3) is 2.51. The number of nitriles is 1. The zero-order chi connectivity index (χ0) is 14.8. The van der Waals surface area contributed by atoms with E-state index in [9.17, 15) is 5.26 Å². The Bertz CT molecular complexity index is 845. The quantitative estimate of drug-likeness (QED) is 0.723. The van der Waals surface area contributed by atoms with Crippen LogP contribution in [0.5, 0.6) is 0 Å². The van der Waals surface area contributed by atoms with Crippen molar-refractivity contribution >= 4 is 11.6 Å². The van der Waals surface area contributed by atoms with Crippen LogP contribution in [-0.2, 0) is 0 Å². The number of benzene rings is 2. The van der Waals surface area contributed by atoms with Gasteiger partial charge in [-0.2, -0.15) is 5.26 Å². The largest absolute Gasteiger partial charge is 0.211 e. The summed E-state index contributed by atoms with van der Waals surface area (Å²) in [4.78, 5) is 0. The van der Waals surface area contributed by atoms with Gasteiger partial charge in [-0.15, -0.1) is 5.10 Å². The molecular weight excluding hydrogens is 284 g/mol. The second-order valence-electron chi connectivity index (χ2n) is 4.67. The molecule has 0 saturated carbocycles. The predicted octanol–water partition coefficient (Wildman–Crippen LogP) is 3.77. The first-order valence-electron chi connectivity index (χ1n) is 6.37. The average molecular weight is 295 g/mol. The molecule has 0 fully saturated rings. The number of aryl methyl sites for hydroxylation is 1. The summed E-state index contributed by atoms with van der Waals surface area (Å²) in [5, 5.41) is 17.9. The minimum atomic E-state index is 0.499. The Labute approximate surface area is 127 Å². The molecule has 0 N–H and O–H groups in total. The predicted molar refractivity (Wildman–Crippen MR) is 81.3 cm³/mol. The summed E-state index contributed by atoms with van der Waals surface area (Å²) in [7, 11) is 0. The number of hydrogen-bond donors (Lipinski definition) is 0. The van der Waals surface area contributed by atoms with Gasteiger partial charge in [-0.05, 0) is 31.2 Å². The summed E-state index contributed by atoms with van der Waals surface area (Å²) in [6, 6.07) is 15.3. The molecule has 0 aliphatic heterocycles. The van der Waals surface area contributed by atoms with Crippen molar-refractivity contribution in [1.82, 2.24) is 15.0 Å². The van der Waals surface area contributed by atoms with Crippen molar-refractivity contribution in [3.8, 4) is 23.0 Å². The molecule has 0 unspecified atom stereocenters. The van der Waals surface area contributed by atoms with Crippen LogP contribution < -0.4 is 0 Å². The summed E-state index contributed by atoms with van der Waals surface area (Å²) in [6.45, 7) is 2.03. The van der Waals surface area contributed by atoms with Crippen LogP contribution in [0.2, 0.25) is 5.02 Å². The molecule has 21 heavy (non-hydrogen) atoms. The minimum Gasteiger partial charge on any atom is -0.211 e. The maximum absolute atomic E-state index is 9.26. The van der Waals surface area contributed by atoms with E-state index in [-0.39, 0.29) is 0 Å². The summed E-state index contributed by atoms with van der Waals surface area (Å²) >= 11 is 6.04. The van der Waals surface area contributed by atoms with Crippen molar-refractivity contribution < 1.29 is 0 Å². The average Bonchev–Trinajstić information content (AvgIpc) is 2.96. The summed E-state index contributed by atoms with van der Waals surface area (Å²) < 4.78 is 1.64. The van der Waals surface area contributed by atoms with Crippen LogP contribution >= 0.6 is 11.6 Å². The third-order valence-electron chi connectivity index (χ3n) is 3.17. The van der Waals surface area contributed by atoms with Gasteiger partial charge < -0.3 is 0 Å². The number of nitrogens with zero attached hydrogens (tertiary/aromatic N) is 4. The lowest BCUT2D eigenvalue weighted by atomic mass is 10.1. The molecule has 0 bridgehead atoms. The summed E-state index contributed by atoms with van der Waals surface area (Å²) in [6.07, 6.45) is 1.68. The van der Waals surface area contributed by atoms with Crippen LogP contribution in [0, 0.1) is 18.3 Å². The van der Waals surface area contributed by atoms with Gasteiger partial charge in [-0.3, -0.25) is 0 Å². The second-order valence-corrected chi connectivity index (χ2v) is 5.11. The van der Waals surface area contributed by atoms with E-state index in [0.717, 1.165) is 16.8 Å². The van der Waals surface area contributed by atoms with E-state index in [1.54, 1.807) is 29.1 Å². The van der Waals surface area contributed by atoms with Gasteiger partial charge in [0.2, 0.25) is 0 Å². The third-order valence-corrected chi connectivity index (χ3v) is 3.41. The first-order valence-corrected chi connectivity index (χ1v) is 6.74. The highest BCUT2D eigenvalue weighted by Gasteiger charge is 2.13. The van der Waals surface area contributed by atoms with Gasteiger partial charge in [-0.25, -0.2) is 4.68 Å². The van der Waals surface area contributed by atoms with Gasteiger partial charge in [0.15, 0.2) is 0 Å². The minimum absolute atomic E-state index is 0.499. The maximum Gasteiger partial charge on any atom is 0.101 e. The van der Waals surface area contributed by atoms with Gasteiger partial charge in [0.1, 0.15) is 6.07 Å². The van der Waals surface area contributed by atoms with Gasteiger partial charge >= 0.3 is 0 Å². The topological polar surface area (TPSA) is 54.5 Å². The van der Waals surface area contributed by atoms with E-state index in [1.165, 1.54) is 0 Å². The fraction of sp³-hybridized carbons (Fsp3) is 0.0625. The molecule has 0 atom stereocenters. The molecule has 1 heterocycles. The van der Waals surface area contributed by atoms with E-state index in [0.29, 0.717) is 16.3 Å². The van der Waals surface area contributed by atoms with Crippen LogP contribution in [0.15, 0.2) is 48.7 Å². The highest BCUT2D eigenvalue weighted by atomic mass is 35.5. The molecule has 4 nitrogen and oxygen atoms in total. The Morgan fingerprint density at radius 3 is 2.81 bits per heavy atom. The van der Waals surface area contributed by atoms with Gasteiger partial charge in [0.25, 0.3) is 0 Å². The summed E-state index contributed by atoms with van der Waals surface area (Å²) in [5.41, 5.74) is 4.07. The Kier molecular flexibility index (Phi) is 3.43. The molecule has 0 aliphatic carbocycles. The molecule has 0 radical (unpaired) electrons. The Morgan fingerprint density at radius 1 is 1.19 bits per heavy atom. The van der Waals surface area contributed by atoms with Crippen LogP contribution in [-0.4, -0.2) is 15.0 Å². The Morgan fingerprint density at radius 2 is 2.05 bits per heavy atom. The molecule has 0 spiro atoms. The number of aromatic nitrogens is 3. The van der Waals surface area contributed by atoms with Crippen molar-refractivity contribution in [3.05, 3.63) is 64.8 Å². The molecule has 3 rings (SSSR count). The highest BCUT2D eigenvalue weighted by molar-refractivity contribution is 6.30. The van der Waals surface area contributed by atoms with Crippen LogP contribution in [0.1, 0.15) is 11.1 Å². The SMILES string of the molecule is Cc1cccc(-c2cnnn2-c2cc(Cl)ccc2C#N)c1. The zero-order valence-corrected chi connectivity index (χ0v) is 12.0. The first kappa shape index (κ1) is 13.3. The molecule has 3 aromatic rings. The van der Waals surface area contributed by atoms with Gasteiger partial charge in [-0.1, -0.05) is 40.6 Å². The molecular formula is C16H11ClN4. The van der Waals surface area contributed by atoms with Crippen molar-refractivity contribution in [1.29, 1.82) is 5.26 Å². The zero-order valence-electron chi connectivity index (χ0n) is 11.3. The normalized spacial score (nSPS) is 10.3. The van der Waals surface area contributed by atoms with Crippen molar-refractivity contribution in [3.63, 3.8) is 0 Å². The smallest absolute Gasteiger partial charge is 0.101 e. The number of hydrogen-bond acceptors (Lipinski definition) is 3. The van der Waals surface area contributed by atoms with Gasteiger partial charge in [0.05, 0.1) is 23.1 Å². The lowest BCUT2D eigenvalue weighted by molar-refractivity contribution is 0.806. The van der Waals surface area contributed by atoms with Crippen molar-refractivity contribution in [2.45, 2.75) is 6.92 Å². The van der Waals surface area contributed by atoms with Crippen LogP contribution in [0.3, 0.4) is 0 Å². The number of halogens is 1. The standard InChI is InChI=1S/C16H11ClN4/c1-11-3-2-4-12(7-11)16-10-19-20-21(16)15-8-14(17)6-5-13(15)9-18/h2-8,10H,1H3. The van der Waals surface area contributed by atoms with Crippen molar-refractivity contribution in [2.24, 2.45) is 0 Å². The Hall–Kier alpha value is -2.64. The fourth-order valence-electron chi connectivity index (χ4n) is 2.19. The molecule has 0 saturated heterocycles. The fourth-order valence-corrected chi connectivity index (χ4v) is 2.36.